The number of sulfonamides is 1. The molecule has 0 aliphatic carbocycles. The van der Waals surface area contributed by atoms with E-state index in [1.807, 2.05) is 6.92 Å². The highest BCUT2D eigenvalue weighted by molar-refractivity contribution is 7.89. The minimum Gasteiger partial charge on any atom is -0.348 e. The first-order chi connectivity index (χ1) is 13.0. The fraction of sp³-hybridized carbons (Fsp3) is 0.579. The third-order valence-corrected chi connectivity index (χ3v) is 6.35. The second-order valence-corrected chi connectivity index (χ2v) is 9.18. The Labute approximate surface area is 168 Å². The molecule has 28 heavy (non-hydrogen) atoms. The molecule has 0 bridgehead atoms. The molecule has 0 saturated carbocycles. The number of hydrogen-bond acceptors (Lipinski definition) is 5. The van der Waals surface area contributed by atoms with Crippen LogP contribution in [0.4, 0.5) is 5.69 Å². The van der Waals surface area contributed by atoms with Crippen molar-refractivity contribution in [1.82, 2.24) is 14.1 Å². The van der Waals surface area contributed by atoms with Crippen LogP contribution < -0.4 is 5.32 Å². The summed E-state index contributed by atoms with van der Waals surface area (Å²) in [6.07, 6.45) is 0.823. The molecule has 0 radical (unpaired) electrons. The molecule has 0 aliphatic rings. The SMILES string of the molecule is CCCN(CC(=O)Nc1ccc(S(=O)(=O)N(C)C(C)C)cc1)CC(=O)N(C)C. The van der Waals surface area contributed by atoms with Crippen molar-refractivity contribution in [2.75, 3.05) is 46.1 Å². The van der Waals surface area contributed by atoms with E-state index < -0.39 is 10.0 Å². The maximum atomic E-state index is 12.5. The smallest absolute Gasteiger partial charge is 0.243 e. The Balaban J connectivity index is 2.77. The number of nitrogens with one attached hydrogen (secondary N) is 1. The van der Waals surface area contributed by atoms with Gasteiger partial charge in [-0.1, -0.05) is 6.92 Å². The van der Waals surface area contributed by atoms with Gasteiger partial charge in [0.15, 0.2) is 0 Å². The number of rotatable bonds is 10. The summed E-state index contributed by atoms with van der Waals surface area (Å²) in [5.74, 6) is -0.319. The molecule has 0 aliphatic heterocycles. The van der Waals surface area contributed by atoms with Gasteiger partial charge in [-0.25, -0.2) is 8.42 Å². The standard InChI is InChI=1S/C19H32N4O4S/c1-7-12-23(14-19(25)21(4)5)13-18(24)20-16-8-10-17(11-9-16)28(26,27)22(6)15(2)3/h8-11,15H,7,12-14H2,1-6H3,(H,20,24). The maximum absolute atomic E-state index is 12.5. The molecule has 0 atom stereocenters. The van der Waals surface area contributed by atoms with Crippen LogP contribution in [-0.2, 0) is 19.6 Å². The summed E-state index contributed by atoms with van der Waals surface area (Å²) in [5.41, 5.74) is 0.506. The molecule has 8 nitrogen and oxygen atoms in total. The third-order valence-electron chi connectivity index (χ3n) is 4.31. The lowest BCUT2D eigenvalue weighted by Gasteiger charge is -2.22. The van der Waals surface area contributed by atoms with E-state index in [2.05, 4.69) is 5.32 Å². The van der Waals surface area contributed by atoms with Crippen molar-refractivity contribution >= 4 is 27.5 Å². The van der Waals surface area contributed by atoms with Gasteiger partial charge < -0.3 is 10.2 Å². The Morgan fingerprint density at radius 2 is 1.61 bits per heavy atom. The zero-order valence-electron chi connectivity index (χ0n) is 17.6. The summed E-state index contributed by atoms with van der Waals surface area (Å²) >= 11 is 0. The van der Waals surface area contributed by atoms with Crippen LogP contribution >= 0.6 is 0 Å². The van der Waals surface area contributed by atoms with Crippen molar-refractivity contribution in [1.29, 1.82) is 0 Å². The number of nitrogens with zero attached hydrogens (tertiary/aromatic N) is 3. The molecule has 0 unspecified atom stereocenters. The Bertz CT molecular complexity index is 761. The number of likely N-dealkylation sites (N-methyl/N-ethyl adjacent to an activating group) is 1. The quantitative estimate of drug-likeness (QED) is 0.628. The average Bonchev–Trinajstić information content (AvgIpc) is 2.61. The van der Waals surface area contributed by atoms with E-state index in [4.69, 9.17) is 0 Å². The lowest BCUT2D eigenvalue weighted by molar-refractivity contribution is -0.130. The van der Waals surface area contributed by atoms with Gasteiger partial charge in [0.2, 0.25) is 21.8 Å². The summed E-state index contributed by atoms with van der Waals surface area (Å²) < 4.78 is 26.3. The van der Waals surface area contributed by atoms with Gasteiger partial charge in [-0.3, -0.25) is 14.5 Å². The van der Waals surface area contributed by atoms with Gasteiger partial charge in [-0.05, 0) is 51.1 Å². The van der Waals surface area contributed by atoms with Crippen molar-refractivity contribution in [3.63, 3.8) is 0 Å². The van der Waals surface area contributed by atoms with Crippen LogP contribution in [0.2, 0.25) is 0 Å². The Morgan fingerprint density at radius 3 is 2.07 bits per heavy atom. The number of hydrogen-bond donors (Lipinski definition) is 1. The van der Waals surface area contributed by atoms with Crippen LogP contribution in [0.5, 0.6) is 0 Å². The van der Waals surface area contributed by atoms with Gasteiger partial charge in [-0.15, -0.1) is 0 Å². The first-order valence-corrected chi connectivity index (χ1v) is 10.7. The fourth-order valence-electron chi connectivity index (χ4n) is 2.42. The molecule has 1 aromatic rings. The van der Waals surface area contributed by atoms with Gasteiger partial charge in [0.1, 0.15) is 0 Å². The lowest BCUT2D eigenvalue weighted by Crippen LogP contribution is -2.41. The summed E-state index contributed by atoms with van der Waals surface area (Å²) in [6, 6.07) is 5.92. The molecule has 2 amide bonds. The predicted octanol–water partition coefficient (Wildman–Crippen LogP) is 1.45. The van der Waals surface area contributed by atoms with Crippen molar-refractivity contribution in [3.05, 3.63) is 24.3 Å². The number of carbonyl (C=O) groups is 2. The van der Waals surface area contributed by atoms with Crippen LogP contribution in [0.3, 0.4) is 0 Å². The van der Waals surface area contributed by atoms with Gasteiger partial charge in [-0.2, -0.15) is 4.31 Å². The molecule has 0 spiro atoms. The van der Waals surface area contributed by atoms with Gasteiger partial charge >= 0.3 is 0 Å². The zero-order chi connectivity index (χ0) is 21.5. The molecule has 0 fully saturated rings. The van der Waals surface area contributed by atoms with E-state index >= 15 is 0 Å². The highest BCUT2D eigenvalue weighted by Gasteiger charge is 2.23. The number of carbonyl (C=O) groups excluding carboxylic acids is 2. The van der Waals surface area contributed by atoms with Gasteiger partial charge in [0.05, 0.1) is 18.0 Å². The molecule has 1 N–H and O–H groups in total. The largest absolute Gasteiger partial charge is 0.348 e. The van der Waals surface area contributed by atoms with Crippen LogP contribution in [0.25, 0.3) is 0 Å². The minimum atomic E-state index is -3.56. The Morgan fingerprint density at radius 1 is 1.04 bits per heavy atom. The van der Waals surface area contributed by atoms with Crippen molar-refractivity contribution in [2.45, 2.75) is 38.1 Å². The second-order valence-electron chi connectivity index (χ2n) is 7.19. The Kier molecular flexibility index (Phi) is 9.06. The normalized spacial score (nSPS) is 11.9. The van der Waals surface area contributed by atoms with E-state index in [-0.39, 0.29) is 35.8 Å². The first kappa shape index (κ1) is 24.1. The number of amides is 2. The molecule has 0 aromatic heterocycles. The maximum Gasteiger partial charge on any atom is 0.243 e. The molecule has 0 saturated heterocycles. The van der Waals surface area contributed by atoms with Crippen molar-refractivity contribution in [2.24, 2.45) is 0 Å². The van der Waals surface area contributed by atoms with Gasteiger partial charge in [0.25, 0.3) is 0 Å². The van der Waals surface area contributed by atoms with Crippen LogP contribution in [0.1, 0.15) is 27.2 Å². The van der Waals surface area contributed by atoms with Crippen LogP contribution in [-0.4, -0.2) is 81.2 Å². The zero-order valence-corrected chi connectivity index (χ0v) is 18.4. The topological polar surface area (TPSA) is 90.0 Å². The fourth-order valence-corrected chi connectivity index (χ4v) is 3.79. The minimum absolute atomic E-state index is 0.0647. The molecule has 9 heteroatoms. The first-order valence-electron chi connectivity index (χ1n) is 9.29. The third kappa shape index (κ3) is 6.88. The lowest BCUT2D eigenvalue weighted by atomic mass is 10.3. The monoisotopic (exact) mass is 412 g/mol. The number of anilines is 1. The second kappa shape index (κ2) is 10.5. The molecule has 0 heterocycles. The average molecular weight is 413 g/mol. The van der Waals surface area contributed by atoms with E-state index in [1.165, 1.54) is 28.4 Å². The molecular weight excluding hydrogens is 380 g/mol. The highest BCUT2D eigenvalue weighted by Crippen LogP contribution is 2.19. The Hall–Kier alpha value is -1.97. The highest BCUT2D eigenvalue weighted by atomic mass is 32.2. The van der Waals surface area contributed by atoms with E-state index in [0.717, 1.165) is 6.42 Å². The predicted molar refractivity (Wildman–Crippen MR) is 111 cm³/mol. The van der Waals surface area contributed by atoms with E-state index in [0.29, 0.717) is 12.2 Å². The summed E-state index contributed by atoms with van der Waals surface area (Å²) in [5, 5.41) is 2.75. The number of benzene rings is 1. The summed E-state index contributed by atoms with van der Waals surface area (Å²) in [4.78, 5) is 27.7. The molecule has 1 aromatic carbocycles. The van der Waals surface area contributed by atoms with Gasteiger partial charge in [0, 0.05) is 32.9 Å². The molecule has 1 rings (SSSR count). The van der Waals surface area contributed by atoms with E-state index in [9.17, 15) is 18.0 Å². The van der Waals surface area contributed by atoms with E-state index in [1.54, 1.807) is 45.0 Å². The summed E-state index contributed by atoms with van der Waals surface area (Å²) in [7, 11) is 1.33. The molecular formula is C19H32N4O4S. The van der Waals surface area contributed by atoms with Crippen molar-refractivity contribution in [3.8, 4) is 0 Å². The molecule has 158 valence electrons. The van der Waals surface area contributed by atoms with Crippen LogP contribution in [0, 0.1) is 0 Å². The summed E-state index contributed by atoms with van der Waals surface area (Å²) in [6.45, 7) is 6.48. The van der Waals surface area contributed by atoms with Crippen molar-refractivity contribution < 1.29 is 18.0 Å². The van der Waals surface area contributed by atoms with Crippen LogP contribution in [0.15, 0.2) is 29.2 Å².